The minimum Gasteiger partial charge on any atom is -0.385 e. The summed E-state index contributed by atoms with van der Waals surface area (Å²) in [6, 6.07) is 9.35. The molecule has 0 aliphatic heterocycles. The van der Waals surface area contributed by atoms with Gasteiger partial charge in [0.2, 0.25) is 5.91 Å². The molecule has 0 radical (unpaired) electrons. The van der Waals surface area contributed by atoms with Crippen LogP contribution in [0, 0.1) is 11.3 Å². The summed E-state index contributed by atoms with van der Waals surface area (Å²) in [6.07, 6.45) is -0.205. The molecule has 1 aliphatic carbocycles. The number of fused-ring (bicyclic) bond motifs is 1. The fourth-order valence-corrected chi connectivity index (χ4v) is 4.94. The van der Waals surface area contributed by atoms with Crippen molar-refractivity contribution < 1.29 is 27.9 Å². The van der Waals surface area contributed by atoms with Crippen molar-refractivity contribution in [3.63, 3.8) is 0 Å². The fourth-order valence-electron chi connectivity index (χ4n) is 4.94. The van der Waals surface area contributed by atoms with Crippen LogP contribution in [0.15, 0.2) is 48.7 Å². The first-order valence-electron chi connectivity index (χ1n) is 12.4. The fraction of sp³-hybridized carbons (Fsp3) is 0.407. The van der Waals surface area contributed by atoms with E-state index in [9.17, 15) is 27.9 Å². The van der Waals surface area contributed by atoms with E-state index in [0.29, 0.717) is 37.8 Å². The van der Waals surface area contributed by atoms with Crippen LogP contribution in [-0.2, 0) is 16.6 Å². The number of nitrogens with one attached hydrogen (secondary N) is 4. The van der Waals surface area contributed by atoms with Gasteiger partial charge in [0, 0.05) is 29.1 Å². The van der Waals surface area contributed by atoms with E-state index < -0.39 is 35.7 Å². The average molecular weight is 530 g/mol. The lowest BCUT2D eigenvalue weighted by molar-refractivity contribution is -0.137. The second-order valence-corrected chi connectivity index (χ2v) is 9.94. The maximum atomic E-state index is 12.9. The number of alkyl halides is 3. The van der Waals surface area contributed by atoms with Crippen molar-refractivity contribution in [2.24, 2.45) is 5.92 Å². The van der Waals surface area contributed by atoms with Crippen LogP contribution < -0.4 is 10.6 Å². The van der Waals surface area contributed by atoms with E-state index in [4.69, 9.17) is 5.41 Å². The van der Waals surface area contributed by atoms with Crippen LogP contribution >= 0.6 is 0 Å². The molecule has 1 fully saturated rings. The standard InChI is InChI=1S/C27H30F3N5O3/c1-16(34-24(36)15-32-25(37)18-3-2-4-21(12-18)27(28,29)30)11-22(31)17-7-9-26(38,10-8-17)20-5-6-23-19(13-20)14-33-35-23/h2-6,12-14,16-17,31,38H,7-11,15H2,1H3,(H,32,37)(H,33,35)(H,34,36)/t16-,17?,26?/m1/s1. The molecule has 2 aromatic carbocycles. The lowest BCUT2D eigenvalue weighted by Gasteiger charge is -2.37. The summed E-state index contributed by atoms with van der Waals surface area (Å²) in [5.41, 5.74) is 0.132. The lowest BCUT2D eigenvalue weighted by Crippen LogP contribution is -2.42. The first-order valence-corrected chi connectivity index (χ1v) is 12.4. The molecule has 4 rings (SSSR count). The first kappa shape index (κ1) is 27.3. The zero-order chi connectivity index (χ0) is 27.5. The number of carbonyl (C=O) groups excluding carboxylic acids is 2. The van der Waals surface area contributed by atoms with E-state index in [1.54, 1.807) is 13.1 Å². The van der Waals surface area contributed by atoms with Crippen molar-refractivity contribution in [2.75, 3.05) is 6.54 Å². The van der Waals surface area contributed by atoms with Crippen molar-refractivity contribution in [1.82, 2.24) is 20.8 Å². The van der Waals surface area contributed by atoms with E-state index >= 15 is 0 Å². The molecule has 2 amide bonds. The molecule has 1 atom stereocenters. The number of H-pyrrole nitrogens is 1. The Morgan fingerprint density at radius 1 is 1.21 bits per heavy atom. The second kappa shape index (κ2) is 10.9. The van der Waals surface area contributed by atoms with Crippen LogP contribution in [0.5, 0.6) is 0 Å². The number of hydrogen-bond acceptors (Lipinski definition) is 5. The molecule has 0 bridgehead atoms. The Morgan fingerprint density at radius 3 is 2.66 bits per heavy atom. The molecule has 11 heteroatoms. The third-order valence-corrected chi connectivity index (χ3v) is 7.08. The Hall–Kier alpha value is -3.73. The van der Waals surface area contributed by atoms with Gasteiger partial charge in [-0.05, 0) is 74.4 Å². The van der Waals surface area contributed by atoms with E-state index in [2.05, 4.69) is 20.8 Å². The van der Waals surface area contributed by atoms with Gasteiger partial charge in [-0.2, -0.15) is 18.3 Å². The molecule has 38 heavy (non-hydrogen) atoms. The van der Waals surface area contributed by atoms with Crippen LogP contribution in [0.3, 0.4) is 0 Å². The van der Waals surface area contributed by atoms with Crippen molar-refractivity contribution >= 4 is 28.4 Å². The predicted molar refractivity (Wildman–Crippen MR) is 136 cm³/mol. The zero-order valence-corrected chi connectivity index (χ0v) is 20.9. The Balaban J connectivity index is 1.22. The Kier molecular flexibility index (Phi) is 7.86. The smallest absolute Gasteiger partial charge is 0.385 e. The van der Waals surface area contributed by atoms with Crippen LogP contribution in [0.4, 0.5) is 13.2 Å². The van der Waals surface area contributed by atoms with Gasteiger partial charge in [-0.1, -0.05) is 12.1 Å². The van der Waals surface area contributed by atoms with Crippen LogP contribution in [0.1, 0.15) is 60.5 Å². The molecule has 3 aromatic rings. The maximum absolute atomic E-state index is 12.9. The quantitative estimate of drug-likeness (QED) is 0.279. The highest BCUT2D eigenvalue weighted by Crippen LogP contribution is 2.41. The van der Waals surface area contributed by atoms with Gasteiger partial charge in [0.15, 0.2) is 0 Å². The topological polar surface area (TPSA) is 131 Å². The molecule has 1 heterocycles. The number of carbonyl (C=O) groups is 2. The Morgan fingerprint density at radius 2 is 1.95 bits per heavy atom. The van der Waals surface area contributed by atoms with Gasteiger partial charge in [-0.25, -0.2) is 0 Å². The van der Waals surface area contributed by atoms with Crippen LogP contribution in [-0.4, -0.2) is 45.4 Å². The van der Waals surface area contributed by atoms with Gasteiger partial charge < -0.3 is 21.1 Å². The van der Waals surface area contributed by atoms with Gasteiger partial charge in [-0.3, -0.25) is 14.7 Å². The average Bonchev–Trinajstić information content (AvgIpc) is 3.35. The predicted octanol–water partition coefficient (Wildman–Crippen LogP) is 4.30. The van der Waals surface area contributed by atoms with E-state index in [1.807, 2.05) is 18.2 Å². The minimum atomic E-state index is -4.57. The Bertz CT molecular complexity index is 1330. The van der Waals surface area contributed by atoms with E-state index in [-0.39, 0.29) is 17.5 Å². The molecule has 0 spiro atoms. The van der Waals surface area contributed by atoms with Gasteiger partial charge >= 0.3 is 6.18 Å². The van der Waals surface area contributed by atoms with Gasteiger partial charge in [0.05, 0.1) is 29.4 Å². The number of aliphatic hydroxyl groups is 1. The second-order valence-electron chi connectivity index (χ2n) is 9.94. The number of aromatic nitrogens is 2. The molecule has 1 aliphatic rings. The molecular formula is C27H30F3N5O3. The number of aromatic amines is 1. The minimum absolute atomic E-state index is 0.00658. The van der Waals surface area contributed by atoms with Crippen molar-refractivity contribution in [3.05, 3.63) is 65.4 Å². The SMILES string of the molecule is C[C@H](CC(=N)C1CCC(O)(c2ccc3[nH]ncc3c2)CC1)NC(=O)CNC(=O)c1cccc(C(F)(F)F)c1. The van der Waals surface area contributed by atoms with Crippen molar-refractivity contribution in [2.45, 2.75) is 56.8 Å². The largest absolute Gasteiger partial charge is 0.416 e. The summed E-state index contributed by atoms with van der Waals surface area (Å²) >= 11 is 0. The molecular weight excluding hydrogens is 499 g/mol. The van der Waals surface area contributed by atoms with Crippen molar-refractivity contribution in [3.8, 4) is 0 Å². The number of benzene rings is 2. The summed E-state index contributed by atoms with van der Waals surface area (Å²) < 4.78 is 38.6. The monoisotopic (exact) mass is 529 g/mol. The van der Waals surface area contributed by atoms with Gasteiger partial charge in [0.25, 0.3) is 5.91 Å². The highest BCUT2D eigenvalue weighted by Gasteiger charge is 2.36. The van der Waals surface area contributed by atoms with Gasteiger partial charge in [0.1, 0.15) is 0 Å². The Labute approximate surface area is 217 Å². The first-order chi connectivity index (χ1) is 17.9. The summed E-state index contributed by atoms with van der Waals surface area (Å²) in [5, 5.41) is 32.6. The third kappa shape index (κ3) is 6.39. The highest BCUT2D eigenvalue weighted by molar-refractivity contribution is 5.96. The molecule has 0 unspecified atom stereocenters. The molecule has 8 nitrogen and oxygen atoms in total. The molecule has 1 saturated carbocycles. The number of amides is 2. The molecule has 0 saturated heterocycles. The molecule has 5 N–H and O–H groups in total. The molecule has 202 valence electrons. The molecule has 1 aromatic heterocycles. The van der Waals surface area contributed by atoms with E-state index in [0.717, 1.165) is 34.7 Å². The zero-order valence-electron chi connectivity index (χ0n) is 20.9. The summed E-state index contributed by atoms with van der Waals surface area (Å²) in [7, 11) is 0. The third-order valence-electron chi connectivity index (χ3n) is 7.08. The summed E-state index contributed by atoms with van der Waals surface area (Å²) in [5.74, 6) is -1.29. The maximum Gasteiger partial charge on any atom is 0.416 e. The van der Waals surface area contributed by atoms with Crippen molar-refractivity contribution in [1.29, 1.82) is 5.41 Å². The van der Waals surface area contributed by atoms with Crippen LogP contribution in [0.2, 0.25) is 0 Å². The normalized spacial score (nSPS) is 20.6. The number of rotatable bonds is 8. The lowest BCUT2D eigenvalue weighted by atomic mass is 9.73. The van der Waals surface area contributed by atoms with Crippen LogP contribution in [0.25, 0.3) is 10.9 Å². The van der Waals surface area contributed by atoms with Gasteiger partial charge in [-0.15, -0.1) is 0 Å². The highest BCUT2D eigenvalue weighted by atomic mass is 19.4. The summed E-state index contributed by atoms with van der Waals surface area (Å²) in [6.45, 7) is 1.35. The number of hydrogen-bond donors (Lipinski definition) is 5. The van der Waals surface area contributed by atoms with E-state index in [1.165, 1.54) is 6.07 Å². The number of nitrogens with zero attached hydrogens (tertiary/aromatic N) is 1. The summed E-state index contributed by atoms with van der Waals surface area (Å²) in [4.78, 5) is 24.5. The number of halogens is 3.